The lowest BCUT2D eigenvalue weighted by Gasteiger charge is -2.45. The molecule has 0 aliphatic carbocycles. The SMILES string of the molecule is CSc1ccc2n1-c1ccccc1OC21CCN(C(=O)OC(C)(C)C)CC1. The number of amides is 1. The largest absolute Gasteiger partial charge is 0.479 e. The highest BCUT2D eigenvalue weighted by atomic mass is 32.2. The number of thioether (sulfide) groups is 1. The van der Waals surface area contributed by atoms with Crippen molar-refractivity contribution in [2.24, 2.45) is 0 Å². The molecular formula is C21H26N2O3S. The van der Waals surface area contributed by atoms with Crippen molar-refractivity contribution >= 4 is 17.9 Å². The van der Waals surface area contributed by atoms with Gasteiger partial charge in [0.25, 0.3) is 0 Å². The van der Waals surface area contributed by atoms with E-state index >= 15 is 0 Å². The molecule has 144 valence electrons. The number of rotatable bonds is 1. The van der Waals surface area contributed by atoms with Crippen molar-refractivity contribution in [1.29, 1.82) is 0 Å². The fourth-order valence-corrected chi connectivity index (χ4v) is 4.49. The highest BCUT2D eigenvalue weighted by Crippen LogP contribution is 2.47. The quantitative estimate of drug-likeness (QED) is 0.659. The number of likely N-dealkylation sites (tertiary alicyclic amines) is 1. The van der Waals surface area contributed by atoms with E-state index in [-0.39, 0.29) is 6.09 Å². The average molecular weight is 387 g/mol. The maximum absolute atomic E-state index is 12.4. The van der Waals surface area contributed by atoms with Crippen molar-refractivity contribution in [3.05, 3.63) is 42.1 Å². The number of aromatic nitrogens is 1. The molecule has 2 aromatic rings. The molecule has 1 saturated heterocycles. The molecule has 0 saturated carbocycles. The fourth-order valence-electron chi connectivity index (χ4n) is 3.91. The van der Waals surface area contributed by atoms with Crippen molar-refractivity contribution in [2.75, 3.05) is 19.3 Å². The third-order valence-corrected chi connectivity index (χ3v) is 5.89. The van der Waals surface area contributed by atoms with E-state index in [0.29, 0.717) is 13.1 Å². The Balaban J connectivity index is 1.63. The lowest BCUT2D eigenvalue weighted by Crippen LogP contribution is -2.50. The predicted octanol–water partition coefficient (Wildman–Crippen LogP) is 4.82. The van der Waals surface area contributed by atoms with Gasteiger partial charge in [0.05, 0.1) is 16.4 Å². The molecule has 1 fully saturated rings. The van der Waals surface area contributed by atoms with Crippen LogP contribution in [-0.4, -0.2) is 40.5 Å². The van der Waals surface area contributed by atoms with Crippen LogP contribution in [0.15, 0.2) is 41.4 Å². The van der Waals surface area contributed by atoms with E-state index in [9.17, 15) is 4.79 Å². The van der Waals surface area contributed by atoms with E-state index in [4.69, 9.17) is 9.47 Å². The minimum absolute atomic E-state index is 0.242. The van der Waals surface area contributed by atoms with Gasteiger partial charge in [-0.25, -0.2) is 4.79 Å². The highest BCUT2D eigenvalue weighted by Gasteiger charge is 2.45. The summed E-state index contributed by atoms with van der Waals surface area (Å²) in [6.45, 7) is 6.94. The van der Waals surface area contributed by atoms with Crippen LogP contribution in [0.2, 0.25) is 0 Å². The van der Waals surface area contributed by atoms with Gasteiger partial charge in [0.2, 0.25) is 0 Å². The highest BCUT2D eigenvalue weighted by molar-refractivity contribution is 7.98. The Morgan fingerprint density at radius 3 is 2.52 bits per heavy atom. The molecule has 27 heavy (non-hydrogen) atoms. The summed E-state index contributed by atoms with van der Waals surface area (Å²) in [6.07, 6.45) is 3.35. The molecule has 4 rings (SSSR count). The van der Waals surface area contributed by atoms with Crippen LogP contribution in [0.5, 0.6) is 5.75 Å². The standard InChI is InChI=1S/C21H26N2O3S/c1-20(2,3)26-19(24)22-13-11-21(12-14-22)17-9-10-18(27-4)23(17)15-7-5-6-8-16(15)25-21/h5-10H,11-14H2,1-4H3. The Morgan fingerprint density at radius 1 is 1.15 bits per heavy atom. The molecule has 5 nitrogen and oxygen atoms in total. The van der Waals surface area contributed by atoms with Crippen LogP contribution >= 0.6 is 11.8 Å². The minimum Gasteiger partial charge on any atom is -0.479 e. The van der Waals surface area contributed by atoms with Gasteiger partial charge in [-0.15, -0.1) is 11.8 Å². The van der Waals surface area contributed by atoms with Gasteiger partial charge in [0.1, 0.15) is 11.4 Å². The number of carbonyl (C=O) groups is 1. The zero-order valence-electron chi connectivity index (χ0n) is 16.3. The Bertz CT molecular complexity index is 861. The second kappa shape index (κ2) is 6.51. The molecule has 0 bridgehead atoms. The summed E-state index contributed by atoms with van der Waals surface area (Å²) in [4.78, 5) is 14.2. The zero-order valence-corrected chi connectivity index (χ0v) is 17.1. The van der Waals surface area contributed by atoms with Gasteiger partial charge in [0, 0.05) is 25.9 Å². The summed E-state index contributed by atoms with van der Waals surface area (Å²) in [5.41, 5.74) is 1.38. The first kappa shape index (κ1) is 18.3. The first-order chi connectivity index (χ1) is 12.8. The van der Waals surface area contributed by atoms with E-state index in [2.05, 4.69) is 29.0 Å². The molecule has 3 heterocycles. The summed E-state index contributed by atoms with van der Waals surface area (Å²) in [5.74, 6) is 0.905. The summed E-state index contributed by atoms with van der Waals surface area (Å²) in [7, 11) is 0. The van der Waals surface area contributed by atoms with Crippen molar-refractivity contribution < 1.29 is 14.3 Å². The van der Waals surface area contributed by atoms with Crippen molar-refractivity contribution in [2.45, 2.75) is 49.8 Å². The number of carbonyl (C=O) groups excluding carboxylic acids is 1. The Hall–Kier alpha value is -2.08. The zero-order chi connectivity index (χ0) is 19.2. The molecule has 0 radical (unpaired) electrons. The van der Waals surface area contributed by atoms with Crippen molar-refractivity contribution in [3.8, 4) is 11.4 Å². The van der Waals surface area contributed by atoms with Crippen LogP contribution in [0.4, 0.5) is 4.79 Å². The first-order valence-electron chi connectivity index (χ1n) is 9.36. The van der Waals surface area contributed by atoms with E-state index < -0.39 is 11.2 Å². The van der Waals surface area contributed by atoms with Crippen LogP contribution in [0.1, 0.15) is 39.3 Å². The third-order valence-electron chi connectivity index (χ3n) is 5.16. The van der Waals surface area contributed by atoms with E-state index in [1.54, 1.807) is 16.7 Å². The van der Waals surface area contributed by atoms with Crippen molar-refractivity contribution in [1.82, 2.24) is 9.47 Å². The molecule has 1 spiro atoms. The second-order valence-corrected chi connectivity index (χ2v) is 8.95. The number of fused-ring (bicyclic) bond motifs is 4. The molecular weight excluding hydrogens is 360 g/mol. The van der Waals surface area contributed by atoms with E-state index in [0.717, 1.165) is 24.3 Å². The van der Waals surface area contributed by atoms with Gasteiger partial charge in [-0.3, -0.25) is 0 Å². The van der Waals surface area contributed by atoms with Gasteiger partial charge < -0.3 is 18.9 Å². The molecule has 1 aromatic heterocycles. The molecule has 6 heteroatoms. The summed E-state index contributed by atoms with van der Waals surface area (Å²) >= 11 is 1.74. The summed E-state index contributed by atoms with van der Waals surface area (Å²) in [5, 5.41) is 1.20. The van der Waals surface area contributed by atoms with Crippen molar-refractivity contribution in [3.63, 3.8) is 0 Å². The molecule has 0 atom stereocenters. The van der Waals surface area contributed by atoms with Gasteiger partial charge >= 0.3 is 6.09 Å². The number of hydrogen-bond acceptors (Lipinski definition) is 4. The maximum Gasteiger partial charge on any atom is 0.410 e. The Labute approximate surface area is 164 Å². The minimum atomic E-state index is -0.478. The van der Waals surface area contributed by atoms with Gasteiger partial charge in [0.15, 0.2) is 5.60 Å². The number of para-hydroxylation sites is 2. The normalized spacial score (nSPS) is 17.9. The van der Waals surface area contributed by atoms with Crippen LogP contribution < -0.4 is 4.74 Å². The van der Waals surface area contributed by atoms with Crippen LogP contribution in [0.25, 0.3) is 5.69 Å². The molecule has 0 N–H and O–H groups in total. The molecule has 1 aromatic carbocycles. The topological polar surface area (TPSA) is 43.7 Å². The smallest absolute Gasteiger partial charge is 0.410 e. The van der Waals surface area contributed by atoms with Gasteiger partial charge in [-0.1, -0.05) is 12.1 Å². The Kier molecular flexibility index (Phi) is 4.41. The molecule has 2 aliphatic rings. The number of piperidine rings is 1. The number of benzene rings is 1. The third kappa shape index (κ3) is 3.20. The van der Waals surface area contributed by atoms with Gasteiger partial charge in [-0.05, 0) is 51.3 Å². The molecule has 1 amide bonds. The first-order valence-corrected chi connectivity index (χ1v) is 10.6. The van der Waals surface area contributed by atoms with Crippen LogP contribution in [-0.2, 0) is 10.3 Å². The summed E-state index contributed by atoms with van der Waals surface area (Å²) < 4.78 is 14.4. The van der Waals surface area contributed by atoms with E-state index in [1.165, 1.54) is 10.7 Å². The van der Waals surface area contributed by atoms with Gasteiger partial charge in [-0.2, -0.15) is 0 Å². The number of ether oxygens (including phenoxy) is 2. The average Bonchev–Trinajstić information content (AvgIpc) is 3.06. The van der Waals surface area contributed by atoms with Crippen LogP contribution in [0, 0.1) is 0 Å². The lowest BCUT2D eigenvalue weighted by molar-refractivity contribution is -0.0272. The lowest BCUT2D eigenvalue weighted by atomic mass is 9.86. The second-order valence-electron chi connectivity index (χ2n) is 8.13. The van der Waals surface area contributed by atoms with Crippen LogP contribution in [0.3, 0.4) is 0 Å². The summed E-state index contributed by atoms with van der Waals surface area (Å²) in [6, 6.07) is 12.5. The maximum atomic E-state index is 12.4. The monoisotopic (exact) mass is 386 g/mol. The fraction of sp³-hybridized carbons (Fsp3) is 0.476. The van der Waals surface area contributed by atoms with E-state index in [1.807, 2.05) is 39.0 Å². The number of nitrogens with zero attached hydrogens (tertiary/aromatic N) is 2. The number of hydrogen-bond donors (Lipinski definition) is 0. The molecule has 2 aliphatic heterocycles. The predicted molar refractivity (Wildman–Crippen MR) is 107 cm³/mol. The Morgan fingerprint density at radius 2 is 1.85 bits per heavy atom. The molecule has 0 unspecified atom stereocenters.